The number of hydrogen-bond donors (Lipinski definition) is 3. The summed E-state index contributed by atoms with van der Waals surface area (Å²) in [4.78, 5) is 11.5. The molecular formula is C14H19ClN2O4. The van der Waals surface area contributed by atoms with Gasteiger partial charge in [0.1, 0.15) is 13.2 Å². The topological polar surface area (TPSA) is 79.8 Å². The van der Waals surface area contributed by atoms with Crippen molar-refractivity contribution in [2.45, 2.75) is 12.5 Å². The van der Waals surface area contributed by atoms with Crippen LogP contribution in [-0.4, -0.2) is 44.4 Å². The summed E-state index contributed by atoms with van der Waals surface area (Å²) < 4.78 is 10.9. The van der Waals surface area contributed by atoms with Crippen molar-refractivity contribution in [1.82, 2.24) is 10.6 Å². The molecule has 3 N–H and O–H groups in total. The van der Waals surface area contributed by atoms with Crippen molar-refractivity contribution in [3.8, 4) is 11.5 Å². The zero-order valence-corrected chi connectivity index (χ0v) is 12.6. The minimum Gasteiger partial charge on any atom is -0.486 e. The lowest BCUT2D eigenvalue weighted by Crippen LogP contribution is -2.30. The second kappa shape index (κ2) is 7.49. The summed E-state index contributed by atoms with van der Waals surface area (Å²) >= 11 is 6.11. The molecule has 2 rings (SSSR count). The van der Waals surface area contributed by atoms with Gasteiger partial charge in [-0.2, -0.15) is 0 Å². The number of halogens is 1. The molecule has 0 saturated heterocycles. The van der Waals surface area contributed by atoms with Gasteiger partial charge in [0.2, 0.25) is 5.91 Å². The van der Waals surface area contributed by atoms with Crippen molar-refractivity contribution in [2.24, 2.45) is 0 Å². The van der Waals surface area contributed by atoms with Crippen LogP contribution >= 0.6 is 11.6 Å². The van der Waals surface area contributed by atoms with E-state index in [2.05, 4.69) is 10.6 Å². The summed E-state index contributed by atoms with van der Waals surface area (Å²) in [5.74, 6) is 0.897. The van der Waals surface area contributed by atoms with E-state index in [0.717, 1.165) is 0 Å². The monoisotopic (exact) mass is 314 g/mol. The molecule has 1 unspecified atom stereocenters. The summed E-state index contributed by atoms with van der Waals surface area (Å²) in [6.07, 6.45) is -0.484. The fraction of sp³-hybridized carbons (Fsp3) is 0.500. The average Bonchev–Trinajstić information content (AvgIpc) is 2.50. The molecule has 1 atom stereocenters. The van der Waals surface area contributed by atoms with Crippen molar-refractivity contribution in [3.05, 3.63) is 22.7 Å². The van der Waals surface area contributed by atoms with Crippen LogP contribution in [0.25, 0.3) is 0 Å². The Bertz CT molecular complexity index is 510. The van der Waals surface area contributed by atoms with E-state index in [0.29, 0.717) is 48.3 Å². The highest BCUT2D eigenvalue weighted by Crippen LogP contribution is 2.39. The molecular weight excluding hydrogens is 296 g/mol. The van der Waals surface area contributed by atoms with Gasteiger partial charge in [-0.05, 0) is 24.7 Å². The highest BCUT2D eigenvalue weighted by atomic mass is 35.5. The molecule has 7 heteroatoms. The second-order valence-corrected chi connectivity index (χ2v) is 5.11. The first-order valence-corrected chi connectivity index (χ1v) is 7.18. The first-order chi connectivity index (χ1) is 10.1. The van der Waals surface area contributed by atoms with Gasteiger partial charge in [-0.25, -0.2) is 0 Å². The molecule has 0 saturated carbocycles. The molecule has 0 spiro atoms. The number of benzene rings is 1. The molecule has 0 radical (unpaired) electrons. The van der Waals surface area contributed by atoms with Crippen molar-refractivity contribution >= 4 is 17.5 Å². The van der Waals surface area contributed by atoms with E-state index >= 15 is 0 Å². The molecule has 1 aromatic carbocycles. The van der Waals surface area contributed by atoms with Crippen LogP contribution in [0.1, 0.15) is 18.1 Å². The Hall–Kier alpha value is -1.50. The molecule has 1 aliphatic heterocycles. The van der Waals surface area contributed by atoms with Crippen LogP contribution in [0, 0.1) is 0 Å². The number of aliphatic hydroxyl groups excluding tert-OH is 1. The molecule has 1 aromatic rings. The van der Waals surface area contributed by atoms with E-state index in [-0.39, 0.29) is 12.5 Å². The number of hydrogen-bond acceptors (Lipinski definition) is 5. The smallest absolute Gasteiger partial charge is 0.221 e. The predicted octanol–water partition coefficient (Wildman–Crippen LogP) is 0.870. The molecule has 6 nitrogen and oxygen atoms in total. The van der Waals surface area contributed by atoms with Gasteiger partial charge in [0.25, 0.3) is 0 Å². The lowest BCUT2D eigenvalue weighted by atomic mass is 10.1. The van der Waals surface area contributed by atoms with Crippen molar-refractivity contribution < 1.29 is 19.4 Å². The molecule has 0 fully saturated rings. The molecule has 1 amide bonds. The Labute approximate surface area is 128 Å². The van der Waals surface area contributed by atoms with Gasteiger partial charge in [-0.1, -0.05) is 11.6 Å². The zero-order chi connectivity index (χ0) is 15.2. The summed E-state index contributed by atoms with van der Waals surface area (Å²) in [5.41, 5.74) is 0.582. The predicted molar refractivity (Wildman–Crippen MR) is 79.0 cm³/mol. The number of aliphatic hydroxyl groups is 1. The van der Waals surface area contributed by atoms with Crippen molar-refractivity contribution in [3.63, 3.8) is 0 Å². The Kier molecular flexibility index (Phi) is 5.67. The zero-order valence-electron chi connectivity index (χ0n) is 11.8. The highest BCUT2D eigenvalue weighted by Gasteiger charge is 2.19. The fourth-order valence-corrected chi connectivity index (χ4v) is 2.25. The molecule has 0 aliphatic carbocycles. The molecule has 0 bridgehead atoms. The van der Waals surface area contributed by atoms with Crippen LogP contribution in [-0.2, 0) is 4.79 Å². The van der Waals surface area contributed by atoms with Crippen LogP contribution in [0.3, 0.4) is 0 Å². The van der Waals surface area contributed by atoms with Crippen LogP contribution in [0.5, 0.6) is 11.5 Å². The fourth-order valence-electron chi connectivity index (χ4n) is 1.98. The maximum atomic E-state index is 11.5. The third-order valence-electron chi connectivity index (χ3n) is 3.10. The summed E-state index contributed by atoms with van der Waals surface area (Å²) in [5, 5.41) is 16.1. The molecule has 1 heterocycles. The highest BCUT2D eigenvalue weighted by molar-refractivity contribution is 6.32. The Morgan fingerprint density at radius 2 is 2.19 bits per heavy atom. The average molecular weight is 315 g/mol. The van der Waals surface area contributed by atoms with Crippen LogP contribution in [0.2, 0.25) is 5.02 Å². The van der Waals surface area contributed by atoms with Crippen LogP contribution in [0.15, 0.2) is 12.1 Å². The number of amides is 1. The lowest BCUT2D eigenvalue weighted by Gasteiger charge is -2.21. The van der Waals surface area contributed by atoms with Gasteiger partial charge >= 0.3 is 0 Å². The van der Waals surface area contributed by atoms with Gasteiger partial charge in [-0.3, -0.25) is 4.79 Å². The lowest BCUT2D eigenvalue weighted by molar-refractivity contribution is -0.121. The normalized spacial score (nSPS) is 14.6. The van der Waals surface area contributed by atoms with Crippen LogP contribution < -0.4 is 20.1 Å². The van der Waals surface area contributed by atoms with Crippen molar-refractivity contribution in [2.75, 3.05) is 33.4 Å². The second-order valence-electron chi connectivity index (χ2n) is 4.70. The summed E-state index contributed by atoms with van der Waals surface area (Å²) in [6.45, 7) is 1.62. The molecule has 21 heavy (non-hydrogen) atoms. The summed E-state index contributed by atoms with van der Waals surface area (Å²) in [7, 11) is 1.78. The number of nitrogens with one attached hydrogen (secondary N) is 2. The van der Waals surface area contributed by atoms with Crippen LogP contribution in [0.4, 0.5) is 0 Å². The first kappa shape index (κ1) is 15.9. The van der Waals surface area contributed by atoms with Gasteiger partial charge in [0.15, 0.2) is 11.5 Å². The van der Waals surface area contributed by atoms with Gasteiger partial charge < -0.3 is 25.2 Å². The van der Waals surface area contributed by atoms with Crippen molar-refractivity contribution in [1.29, 1.82) is 0 Å². The molecule has 1 aliphatic rings. The van der Waals surface area contributed by atoms with Gasteiger partial charge in [0.05, 0.1) is 11.1 Å². The van der Waals surface area contributed by atoms with E-state index < -0.39 is 6.10 Å². The Morgan fingerprint density at radius 1 is 1.43 bits per heavy atom. The first-order valence-electron chi connectivity index (χ1n) is 6.80. The Balaban J connectivity index is 1.97. The minimum absolute atomic E-state index is 0.118. The number of carbonyl (C=O) groups excluding carboxylic acids is 1. The number of ether oxygens (including phenoxy) is 2. The number of rotatable bonds is 6. The van der Waals surface area contributed by atoms with E-state index in [1.54, 1.807) is 19.2 Å². The quantitative estimate of drug-likeness (QED) is 0.726. The minimum atomic E-state index is -0.850. The van der Waals surface area contributed by atoms with E-state index in [9.17, 15) is 9.90 Å². The van der Waals surface area contributed by atoms with E-state index in [4.69, 9.17) is 21.1 Å². The van der Waals surface area contributed by atoms with Gasteiger partial charge in [0, 0.05) is 19.5 Å². The van der Waals surface area contributed by atoms with E-state index in [1.165, 1.54) is 0 Å². The van der Waals surface area contributed by atoms with Gasteiger partial charge in [-0.15, -0.1) is 0 Å². The molecule has 116 valence electrons. The maximum Gasteiger partial charge on any atom is 0.221 e. The SMILES string of the molecule is CNCCC(=O)NCC(O)c1cc(Cl)c2c(c1)OCCO2. The Morgan fingerprint density at radius 3 is 2.95 bits per heavy atom. The third kappa shape index (κ3) is 4.23. The summed E-state index contributed by atoms with van der Waals surface area (Å²) in [6, 6.07) is 3.31. The van der Waals surface area contributed by atoms with E-state index in [1.807, 2.05) is 0 Å². The third-order valence-corrected chi connectivity index (χ3v) is 3.38. The number of carbonyl (C=O) groups is 1. The maximum absolute atomic E-state index is 11.5. The number of fused-ring (bicyclic) bond motifs is 1. The standard InChI is InChI=1S/C14H19ClN2O4/c1-16-3-2-13(19)17-8-11(18)9-6-10(15)14-12(7-9)20-4-5-21-14/h6-7,11,16,18H,2-5,8H2,1H3,(H,17,19). The largest absolute Gasteiger partial charge is 0.486 e. The molecule has 0 aromatic heterocycles.